The Morgan fingerprint density at radius 1 is 0.957 bits per heavy atom. The number of hydrogen-bond acceptors (Lipinski definition) is 6. The first kappa shape index (κ1) is 34.5. The van der Waals surface area contributed by atoms with Crippen LogP contribution in [0, 0.1) is 0 Å². The average molecular weight is 669 g/mol. The topological polar surface area (TPSA) is 134 Å². The van der Waals surface area contributed by atoms with Crippen molar-refractivity contribution in [2.24, 2.45) is 0 Å². The van der Waals surface area contributed by atoms with E-state index in [1.54, 1.807) is 47.4 Å². The van der Waals surface area contributed by atoms with E-state index < -0.39 is 36.3 Å². The third-order valence-electron chi connectivity index (χ3n) is 7.17. The maximum Gasteiger partial charge on any atom is 0.334 e. The van der Waals surface area contributed by atoms with Gasteiger partial charge in [0.1, 0.15) is 0 Å². The van der Waals surface area contributed by atoms with E-state index in [1.165, 1.54) is 25.8 Å². The summed E-state index contributed by atoms with van der Waals surface area (Å²) in [5, 5.41) is 15.6. The van der Waals surface area contributed by atoms with Crippen LogP contribution in [-0.4, -0.2) is 47.9 Å². The van der Waals surface area contributed by atoms with Gasteiger partial charge >= 0.3 is 18.0 Å². The summed E-state index contributed by atoms with van der Waals surface area (Å²) in [6, 6.07) is 18.8. The molecule has 3 aromatic carbocycles. The molecule has 12 heteroatoms. The molecular weight excluding hydrogens is 633 g/mol. The summed E-state index contributed by atoms with van der Waals surface area (Å²) in [5.41, 5.74) is 4.53. The molecule has 4 rings (SSSR count). The number of aliphatic carboxylic acids is 1. The molecule has 3 aromatic rings. The minimum absolute atomic E-state index is 0.174. The molecule has 1 unspecified atom stereocenters. The van der Waals surface area contributed by atoms with Crippen molar-refractivity contribution in [1.29, 1.82) is 0 Å². The standard InChI is InChI=1S/C34H35Cl2N3O7/c1-21(40)45-22(2)46-31(33(42)43)19-37-32(41)26-10-8-23(9-11-26)20-39(34(44)38-29-17-27(35)16-28(36)18-29)30-14-12-25(13-15-30)24-6-4-3-5-7-24/h6,8-18,22,31H,3-5,7,19-20H2,1-2H3,(H,37,41)(H,38,44)(H,42,43)/t22?,31-/m1/s1. The highest BCUT2D eigenvalue weighted by atomic mass is 35.5. The molecule has 0 fully saturated rings. The van der Waals surface area contributed by atoms with Gasteiger partial charge in [0.05, 0.1) is 13.1 Å². The van der Waals surface area contributed by atoms with E-state index in [9.17, 15) is 24.3 Å². The number of esters is 1. The zero-order valence-electron chi connectivity index (χ0n) is 25.4. The van der Waals surface area contributed by atoms with Crippen molar-refractivity contribution in [2.75, 3.05) is 16.8 Å². The fourth-order valence-electron chi connectivity index (χ4n) is 4.97. The van der Waals surface area contributed by atoms with Gasteiger partial charge in [0.25, 0.3) is 5.91 Å². The van der Waals surface area contributed by atoms with Gasteiger partial charge in [0.15, 0.2) is 6.10 Å². The molecule has 1 aliphatic carbocycles. The third kappa shape index (κ3) is 10.1. The molecule has 0 bridgehead atoms. The predicted octanol–water partition coefficient (Wildman–Crippen LogP) is 7.30. The van der Waals surface area contributed by atoms with Crippen molar-refractivity contribution >= 4 is 64.0 Å². The Morgan fingerprint density at radius 2 is 1.63 bits per heavy atom. The van der Waals surface area contributed by atoms with Gasteiger partial charge in [-0.25, -0.2) is 9.59 Å². The molecule has 2 atom stereocenters. The molecule has 0 aliphatic heterocycles. The molecule has 1 aliphatic rings. The number of ether oxygens (including phenoxy) is 2. The Balaban J connectivity index is 1.48. The second-order valence-corrected chi connectivity index (χ2v) is 11.6. The Labute approximate surface area is 277 Å². The summed E-state index contributed by atoms with van der Waals surface area (Å²) in [4.78, 5) is 50.6. The van der Waals surface area contributed by atoms with E-state index in [-0.39, 0.29) is 18.7 Å². The molecule has 3 amide bonds. The SMILES string of the molecule is CC(=O)OC(C)O[C@H](CNC(=O)c1ccc(CN(C(=O)Nc2cc(Cl)cc(Cl)c2)c2ccc(C3=CCCCC3)cc2)cc1)C(=O)O. The van der Waals surface area contributed by atoms with Crippen LogP contribution >= 0.6 is 23.2 Å². The number of anilines is 2. The highest BCUT2D eigenvalue weighted by Gasteiger charge is 2.24. The molecule has 242 valence electrons. The Morgan fingerprint density at radius 3 is 2.22 bits per heavy atom. The quantitative estimate of drug-likeness (QED) is 0.136. The lowest BCUT2D eigenvalue weighted by Gasteiger charge is -2.24. The van der Waals surface area contributed by atoms with Crippen molar-refractivity contribution in [3.05, 3.63) is 99.5 Å². The first-order chi connectivity index (χ1) is 22.0. The first-order valence-corrected chi connectivity index (χ1v) is 15.5. The molecule has 0 radical (unpaired) electrons. The van der Waals surface area contributed by atoms with Crippen molar-refractivity contribution < 1.29 is 33.8 Å². The maximum absolute atomic E-state index is 13.6. The van der Waals surface area contributed by atoms with Crippen molar-refractivity contribution in [2.45, 2.75) is 58.5 Å². The van der Waals surface area contributed by atoms with Crippen LogP contribution in [-0.2, 0) is 25.6 Å². The van der Waals surface area contributed by atoms with Crippen molar-refractivity contribution in [3.63, 3.8) is 0 Å². The van der Waals surface area contributed by atoms with Gasteiger partial charge in [-0.1, -0.05) is 53.5 Å². The van der Waals surface area contributed by atoms with Crippen LogP contribution in [0.2, 0.25) is 10.0 Å². The number of carboxylic acid groups (broad SMARTS) is 1. The molecule has 0 heterocycles. The smallest absolute Gasteiger partial charge is 0.334 e. The predicted molar refractivity (Wildman–Crippen MR) is 177 cm³/mol. The van der Waals surface area contributed by atoms with Crippen LogP contribution in [0.25, 0.3) is 5.57 Å². The van der Waals surface area contributed by atoms with E-state index in [4.69, 9.17) is 32.7 Å². The maximum atomic E-state index is 13.6. The number of allylic oxidation sites excluding steroid dienone is 2. The van der Waals surface area contributed by atoms with Gasteiger partial charge in [0.2, 0.25) is 6.29 Å². The van der Waals surface area contributed by atoms with E-state index >= 15 is 0 Å². The second-order valence-electron chi connectivity index (χ2n) is 10.7. The van der Waals surface area contributed by atoms with Crippen LogP contribution in [0.15, 0.2) is 72.8 Å². The van der Waals surface area contributed by atoms with Crippen LogP contribution in [0.1, 0.15) is 61.0 Å². The highest BCUT2D eigenvalue weighted by molar-refractivity contribution is 6.35. The molecule has 0 aromatic heterocycles. The van der Waals surface area contributed by atoms with Crippen LogP contribution in [0.3, 0.4) is 0 Å². The Hall–Kier alpha value is -4.38. The van der Waals surface area contributed by atoms with E-state index in [0.29, 0.717) is 21.4 Å². The number of carboxylic acids is 1. The largest absolute Gasteiger partial charge is 0.479 e. The van der Waals surface area contributed by atoms with Crippen molar-refractivity contribution in [3.8, 4) is 0 Å². The van der Waals surface area contributed by atoms with Crippen molar-refractivity contribution in [1.82, 2.24) is 5.32 Å². The monoisotopic (exact) mass is 667 g/mol. The summed E-state index contributed by atoms with van der Waals surface area (Å²) in [6.45, 7) is 2.38. The van der Waals surface area contributed by atoms with E-state index in [0.717, 1.165) is 30.4 Å². The number of hydrogen-bond donors (Lipinski definition) is 3. The number of halogens is 2. The van der Waals surface area contributed by atoms with Gasteiger partial charge in [-0.15, -0.1) is 0 Å². The summed E-state index contributed by atoms with van der Waals surface area (Å²) >= 11 is 12.3. The number of nitrogens with one attached hydrogen (secondary N) is 2. The molecule has 46 heavy (non-hydrogen) atoms. The van der Waals surface area contributed by atoms with Gasteiger partial charge in [0, 0.05) is 33.9 Å². The fraction of sp³-hybridized carbons (Fsp3) is 0.294. The summed E-state index contributed by atoms with van der Waals surface area (Å²) in [5.74, 6) is -2.47. The number of carbonyl (C=O) groups excluding carboxylic acids is 3. The highest BCUT2D eigenvalue weighted by Crippen LogP contribution is 2.29. The number of nitrogens with zero attached hydrogens (tertiary/aromatic N) is 1. The van der Waals surface area contributed by atoms with E-state index in [1.807, 2.05) is 24.3 Å². The average Bonchev–Trinajstić information content (AvgIpc) is 3.01. The molecular formula is C34H35Cl2N3O7. The number of urea groups is 1. The first-order valence-electron chi connectivity index (χ1n) is 14.7. The lowest BCUT2D eigenvalue weighted by molar-refractivity contribution is -0.191. The number of amides is 3. The zero-order valence-corrected chi connectivity index (χ0v) is 26.9. The third-order valence-corrected chi connectivity index (χ3v) is 7.60. The number of rotatable bonds is 12. The zero-order chi connectivity index (χ0) is 33.2. The van der Waals surface area contributed by atoms with Crippen LogP contribution in [0.4, 0.5) is 16.2 Å². The number of benzene rings is 3. The van der Waals surface area contributed by atoms with Gasteiger partial charge in [-0.3, -0.25) is 14.5 Å². The van der Waals surface area contributed by atoms with Gasteiger partial charge in [-0.05, 0) is 91.8 Å². The summed E-state index contributed by atoms with van der Waals surface area (Å²) in [7, 11) is 0. The Kier molecular flexibility index (Phi) is 12.2. The lowest BCUT2D eigenvalue weighted by atomic mass is 9.93. The minimum atomic E-state index is -1.43. The number of carbonyl (C=O) groups is 4. The molecule has 3 N–H and O–H groups in total. The normalized spacial score (nSPS) is 14.0. The minimum Gasteiger partial charge on any atom is -0.479 e. The van der Waals surface area contributed by atoms with E-state index in [2.05, 4.69) is 16.7 Å². The Bertz CT molecular complexity index is 1570. The molecule has 0 saturated heterocycles. The lowest BCUT2D eigenvalue weighted by Crippen LogP contribution is -2.40. The molecule has 0 saturated carbocycles. The van der Waals surface area contributed by atoms with Gasteiger partial charge in [-0.2, -0.15) is 0 Å². The van der Waals surface area contributed by atoms with Gasteiger partial charge < -0.3 is 25.2 Å². The summed E-state index contributed by atoms with van der Waals surface area (Å²) < 4.78 is 10.0. The second kappa shape index (κ2) is 16.3. The fourth-order valence-corrected chi connectivity index (χ4v) is 5.50. The van der Waals surface area contributed by atoms with Crippen LogP contribution in [0.5, 0.6) is 0 Å². The molecule has 0 spiro atoms. The summed E-state index contributed by atoms with van der Waals surface area (Å²) in [6.07, 6.45) is 4.16. The molecule has 10 nitrogen and oxygen atoms in total. The van der Waals surface area contributed by atoms with Crippen LogP contribution < -0.4 is 15.5 Å².